The van der Waals surface area contributed by atoms with Crippen molar-refractivity contribution in [2.45, 2.75) is 13.3 Å². The number of aliphatic carboxylic acids is 1. The van der Waals surface area contributed by atoms with Crippen LogP contribution in [0.25, 0.3) is 0 Å². The number of carbonyl (C=O) groups excluding carboxylic acids is 1. The summed E-state index contributed by atoms with van der Waals surface area (Å²) >= 11 is 0. The summed E-state index contributed by atoms with van der Waals surface area (Å²) in [5.74, 6) is -0.958. The maximum atomic E-state index is 10.6. The van der Waals surface area contributed by atoms with Crippen molar-refractivity contribution in [3.05, 3.63) is 34.4 Å². The first-order valence-corrected chi connectivity index (χ1v) is 4.29. The monoisotopic (exact) mass is 203 g/mol. The molecule has 1 rings (SSSR count). The van der Waals surface area contributed by atoms with Gasteiger partial charge in [-0.25, -0.2) is 0 Å². The minimum absolute atomic E-state index is 0.139. The third-order valence-electron chi connectivity index (χ3n) is 2.10. The second kappa shape index (κ2) is 4.38. The number of carboxylic acid groups (broad SMARTS) is 1. The number of hydrogen-bond acceptors (Lipinski definition) is 3. The lowest BCUT2D eigenvalue weighted by atomic mass is 9.98. The largest absolute Gasteiger partial charge is 0.481 e. The molecule has 15 heavy (non-hydrogen) atoms. The molecule has 0 unspecified atom stereocenters. The predicted molar refractivity (Wildman–Crippen MR) is 52.6 cm³/mol. The van der Waals surface area contributed by atoms with Crippen LogP contribution >= 0.6 is 0 Å². The Balaban J connectivity index is 3.27. The third-order valence-corrected chi connectivity index (χ3v) is 2.10. The zero-order valence-electron chi connectivity index (χ0n) is 8.15. The molecule has 1 aromatic carbocycles. The molecule has 0 heterocycles. The molecular formula is C11H9NO3. The Kier molecular flexibility index (Phi) is 3.19. The van der Waals surface area contributed by atoms with E-state index in [0.29, 0.717) is 23.0 Å². The van der Waals surface area contributed by atoms with Gasteiger partial charge >= 0.3 is 5.97 Å². The highest BCUT2D eigenvalue weighted by Gasteiger charge is 2.09. The van der Waals surface area contributed by atoms with Crippen molar-refractivity contribution in [1.29, 1.82) is 5.26 Å². The maximum absolute atomic E-state index is 10.6. The number of hydrogen-bond donors (Lipinski definition) is 1. The Bertz CT molecular complexity index is 458. The molecule has 0 spiro atoms. The van der Waals surface area contributed by atoms with Gasteiger partial charge in [0.25, 0.3) is 0 Å². The molecule has 1 N–H and O–H groups in total. The summed E-state index contributed by atoms with van der Waals surface area (Å²) < 4.78 is 0. The summed E-state index contributed by atoms with van der Waals surface area (Å²) in [6.07, 6.45) is 0.454. The fraction of sp³-hybridized carbons (Fsp3) is 0.182. The third kappa shape index (κ3) is 2.41. The van der Waals surface area contributed by atoms with E-state index in [1.807, 2.05) is 6.07 Å². The lowest BCUT2D eigenvalue weighted by molar-refractivity contribution is -0.136. The van der Waals surface area contributed by atoms with Crippen LogP contribution in [0, 0.1) is 18.3 Å². The van der Waals surface area contributed by atoms with Gasteiger partial charge in [-0.15, -0.1) is 0 Å². The topological polar surface area (TPSA) is 78.2 Å². The van der Waals surface area contributed by atoms with Crippen LogP contribution in [0.15, 0.2) is 12.1 Å². The minimum atomic E-state index is -0.958. The van der Waals surface area contributed by atoms with Crippen LogP contribution in [0.5, 0.6) is 0 Å². The van der Waals surface area contributed by atoms with E-state index in [0.717, 1.165) is 0 Å². The van der Waals surface area contributed by atoms with Crippen molar-refractivity contribution >= 4 is 12.3 Å². The smallest absolute Gasteiger partial charge is 0.307 e. The van der Waals surface area contributed by atoms with Crippen LogP contribution in [0.3, 0.4) is 0 Å². The second-order valence-corrected chi connectivity index (χ2v) is 3.17. The van der Waals surface area contributed by atoms with Gasteiger partial charge in [0, 0.05) is 5.56 Å². The molecule has 0 aliphatic carbocycles. The summed E-state index contributed by atoms with van der Waals surface area (Å²) in [6, 6.07) is 4.85. The van der Waals surface area contributed by atoms with Crippen molar-refractivity contribution in [3.63, 3.8) is 0 Å². The Morgan fingerprint density at radius 1 is 1.60 bits per heavy atom. The SMILES string of the molecule is Cc1cc(C=O)c(C#N)cc1CC(=O)O. The van der Waals surface area contributed by atoms with Gasteiger partial charge in [0.2, 0.25) is 0 Å². The molecule has 0 aromatic heterocycles. The van der Waals surface area contributed by atoms with E-state index in [-0.39, 0.29) is 12.0 Å². The number of rotatable bonds is 3. The van der Waals surface area contributed by atoms with E-state index in [4.69, 9.17) is 10.4 Å². The molecule has 4 heteroatoms. The highest BCUT2D eigenvalue weighted by atomic mass is 16.4. The van der Waals surface area contributed by atoms with Crippen LogP contribution in [0.2, 0.25) is 0 Å². The number of nitriles is 1. The Morgan fingerprint density at radius 3 is 2.73 bits per heavy atom. The highest BCUT2D eigenvalue weighted by molar-refractivity contribution is 5.80. The van der Waals surface area contributed by atoms with Crippen molar-refractivity contribution in [2.75, 3.05) is 0 Å². The molecule has 0 radical (unpaired) electrons. The van der Waals surface area contributed by atoms with E-state index >= 15 is 0 Å². The summed E-state index contributed by atoms with van der Waals surface area (Å²) in [5.41, 5.74) is 1.78. The van der Waals surface area contributed by atoms with Crippen molar-refractivity contribution in [2.24, 2.45) is 0 Å². The van der Waals surface area contributed by atoms with Crippen molar-refractivity contribution in [3.8, 4) is 6.07 Å². The molecular weight excluding hydrogens is 194 g/mol. The number of nitrogens with zero attached hydrogens (tertiary/aromatic N) is 1. The van der Waals surface area contributed by atoms with Gasteiger partial charge in [-0.05, 0) is 30.2 Å². The number of carboxylic acids is 1. The van der Waals surface area contributed by atoms with Gasteiger partial charge in [0.1, 0.15) is 0 Å². The normalized spacial score (nSPS) is 9.33. The number of carbonyl (C=O) groups is 2. The lowest BCUT2D eigenvalue weighted by Crippen LogP contribution is -2.03. The number of benzene rings is 1. The van der Waals surface area contributed by atoms with Gasteiger partial charge in [0.05, 0.1) is 18.1 Å². The highest BCUT2D eigenvalue weighted by Crippen LogP contribution is 2.15. The minimum Gasteiger partial charge on any atom is -0.481 e. The summed E-state index contributed by atoms with van der Waals surface area (Å²) in [5, 5.41) is 17.4. The standard InChI is InChI=1S/C11H9NO3/c1-7-2-10(6-13)9(5-12)3-8(7)4-11(14)15/h2-3,6H,4H2,1H3,(H,14,15). The van der Waals surface area contributed by atoms with Crippen LogP contribution in [-0.2, 0) is 11.2 Å². The van der Waals surface area contributed by atoms with Gasteiger partial charge in [-0.2, -0.15) is 5.26 Å². The van der Waals surface area contributed by atoms with Crippen molar-refractivity contribution in [1.82, 2.24) is 0 Å². The molecule has 0 saturated carbocycles. The predicted octanol–water partition coefficient (Wildman–Crippen LogP) is 1.31. The average Bonchev–Trinajstić information content (AvgIpc) is 2.19. The first-order valence-electron chi connectivity index (χ1n) is 4.29. The first kappa shape index (κ1) is 10.9. The zero-order valence-corrected chi connectivity index (χ0v) is 8.15. The molecule has 4 nitrogen and oxygen atoms in total. The Morgan fingerprint density at radius 2 is 2.27 bits per heavy atom. The first-order chi connectivity index (χ1) is 7.08. The van der Waals surface area contributed by atoms with Crippen LogP contribution in [-0.4, -0.2) is 17.4 Å². The Hall–Kier alpha value is -2.15. The fourth-order valence-electron chi connectivity index (χ4n) is 1.32. The van der Waals surface area contributed by atoms with Gasteiger partial charge in [0.15, 0.2) is 6.29 Å². The van der Waals surface area contributed by atoms with Crippen molar-refractivity contribution < 1.29 is 14.7 Å². The van der Waals surface area contributed by atoms with E-state index < -0.39 is 5.97 Å². The average molecular weight is 203 g/mol. The lowest BCUT2D eigenvalue weighted by Gasteiger charge is -2.05. The molecule has 0 bridgehead atoms. The van der Waals surface area contributed by atoms with Gasteiger partial charge in [-0.1, -0.05) is 0 Å². The quantitative estimate of drug-likeness (QED) is 0.751. The Labute approximate surface area is 86.8 Å². The van der Waals surface area contributed by atoms with E-state index in [2.05, 4.69) is 0 Å². The second-order valence-electron chi connectivity index (χ2n) is 3.17. The zero-order chi connectivity index (χ0) is 11.4. The van der Waals surface area contributed by atoms with E-state index in [1.54, 1.807) is 6.92 Å². The number of aldehydes is 1. The van der Waals surface area contributed by atoms with Gasteiger partial charge in [-0.3, -0.25) is 9.59 Å². The van der Waals surface area contributed by atoms with Crippen LogP contribution in [0.4, 0.5) is 0 Å². The molecule has 0 atom stereocenters. The molecule has 0 amide bonds. The number of aryl methyl sites for hydroxylation is 1. The summed E-state index contributed by atoms with van der Waals surface area (Å²) in [7, 11) is 0. The van der Waals surface area contributed by atoms with Gasteiger partial charge < -0.3 is 5.11 Å². The fourth-order valence-corrected chi connectivity index (χ4v) is 1.32. The van der Waals surface area contributed by atoms with E-state index in [9.17, 15) is 9.59 Å². The maximum Gasteiger partial charge on any atom is 0.307 e. The molecule has 0 saturated heterocycles. The molecule has 1 aromatic rings. The van der Waals surface area contributed by atoms with E-state index in [1.165, 1.54) is 12.1 Å². The molecule has 76 valence electrons. The molecule has 0 fully saturated rings. The summed E-state index contributed by atoms with van der Waals surface area (Å²) in [6.45, 7) is 1.71. The van der Waals surface area contributed by atoms with Crippen LogP contribution < -0.4 is 0 Å². The summed E-state index contributed by atoms with van der Waals surface area (Å²) in [4.78, 5) is 21.1. The molecule has 0 aliphatic rings. The molecule has 0 aliphatic heterocycles. The van der Waals surface area contributed by atoms with Crippen LogP contribution in [0.1, 0.15) is 27.0 Å².